The molecule has 0 unspecified atom stereocenters. The Labute approximate surface area is 350 Å². The summed E-state index contributed by atoms with van der Waals surface area (Å²) in [6, 6.07) is 12.0. The zero-order chi connectivity index (χ0) is 42.9. The molecule has 6 atom stereocenters. The van der Waals surface area contributed by atoms with Gasteiger partial charge in [0, 0.05) is 31.2 Å². The number of carbonyl (C=O) groups is 5. The highest BCUT2D eigenvalue weighted by Gasteiger charge is 2.40. The molecule has 2 aliphatic rings. The van der Waals surface area contributed by atoms with Crippen LogP contribution in [0.1, 0.15) is 87.4 Å². The molecule has 0 bridgehead atoms. The van der Waals surface area contributed by atoms with Gasteiger partial charge in [-0.3, -0.25) is 14.4 Å². The molecule has 16 nitrogen and oxygen atoms in total. The summed E-state index contributed by atoms with van der Waals surface area (Å²) in [6.45, 7) is -0.00241. The Morgan fingerprint density at radius 2 is 1.50 bits per heavy atom. The monoisotopic (exact) mass is 832 g/mol. The molecule has 0 aliphatic heterocycles. The third-order valence-electron chi connectivity index (χ3n) is 11.3. The number of nitrogens with one attached hydrogen (secondary N) is 5. The smallest absolute Gasteiger partial charge is 0.408 e. The molecule has 3 aromatic rings. The van der Waals surface area contributed by atoms with Gasteiger partial charge in [0.15, 0.2) is 0 Å². The van der Waals surface area contributed by atoms with Crippen LogP contribution in [0.3, 0.4) is 0 Å². The van der Waals surface area contributed by atoms with E-state index >= 15 is 0 Å². The number of alkyl carbamates (subject to hydrolysis) is 1. The lowest BCUT2D eigenvalue weighted by Crippen LogP contribution is -2.58. The van der Waals surface area contributed by atoms with Gasteiger partial charge in [0.2, 0.25) is 17.7 Å². The second-order valence-electron chi connectivity index (χ2n) is 15.9. The van der Waals surface area contributed by atoms with Crippen molar-refractivity contribution in [3.8, 4) is 5.75 Å². The minimum atomic E-state index is -1.18. The number of H-pyrrole nitrogens is 1. The first-order chi connectivity index (χ1) is 29.0. The topological polar surface area (TPSA) is 230 Å². The maximum Gasteiger partial charge on any atom is 0.408 e. The fraction of sp³-hybridized carbons (Fsp3) is 0.545. The third kappa shape index (κ3) is 14.7. The lowest BCUT2D eigenvalue weighted by Gasteiger charge is -2.33. The summed E-state index contributed by atoms with van der Waals surface area (Å²) in [6.07, 6.45) is 7.58. The SMILES string of the molecule is COC(=O)[C@H](CCCC(=O)N[C@@H](Cc1ccc(OC)cc1)C(=O)N[C@@H](Cc1cnc[nH]1)C(=O)N[C@@H](CC1CCCCC1)[C@@H](O)[C@@H](O)C1CC1)NC(=O)OCc1ccccc1. The van der Waals surface area contributed by atoms with E-state index in [9.17, 15) is 34.2 Å². The van der Waals surface area contributed by atoms with Crippen molar-refractivity contribution in [2.24, 2.45) is 11.8 Å². The van der Waals surface area contributed by atoms with Gasteiger partial charge in [-0.15, -0.1) is 0 Å². The fourth-order valence-corrected chi connectivity index (χ4v) is 7.64. The summed E-state index contributed by atoms with van der Waals surface area (Å²) in [5, 5.41) is 33.5. The Balaban J connectivity index is 1.26. The molecule has 4 amide bonds. The molecule has 16 heteroatoms. The zero-order valence-electron chi connectivity index (χ0n) is 34.5. The first-order valence-electron chi connectivity index (χ1n) is 20.9. The molecular formula is C44H60N6O10. The van der Waals surface area contributed by atoms with Gasteiger partial charge in [-0.25, -0.2) is 14.6 Å². The van der Waals surface area contributed by atoms with Crippen LogP contribution in [0.2, 0.25) is 0 Å². The lowest BCUT2D eigenvalue weighted by molar-refractivity contribution is -0.143. The second kappa shape index (κ2) is 23.3. The van der Waals surface area contributed by atoms with Gasteiger partial charge in [-0.05, 0) is 67.2 Å². The van der Waals surface area contributed by atoms with Crippen LogP contribution < -0.4 is 26.0 Å². The van der Waals surface area contributed by atoms with Crippen LogP contribution in [0.15, 0.2) is 67.1 Å². The zero-order valence-corrected chi connectivity index (χ0v) is 34.5. The number of imidazole rings is 1. The molecule has 7 N–H and O–H groups in total. The van der Waals surface area contributed by atoms with Gasteiger partial charge in [0.25, 0.3) is 0 Å². The maximum atomic E-state index is 14.2. The molecule has 0 saturated heterocycles. The minimum Gasteiger partial charge on any atom is -0.497 e. The number of hydrogen-bond donors (Lipinski definition) is 7. The number of benzene rings is 2. The quantitative estimate of drug-likeness (QED) is 0.0685. The predicted molar refractivity (Wildman–Crippen MR) is 220 cm³/mol. The van der Waals surface area contributed by atoms with Crippen molar-refractivity contribution in [2.75, 3.05) is 14.2 Å². The number of esters is 1. The Kier molecular flexibility index (Phi) is 17.7. The first kappa shape index (κ1) is 45.6. The van der Waals surface area contributed by atoms with E-state index in [-0.39, 0.29) is 50.5 Å². The number of amides is 4. The van der Waals surface area contributed by atoms with Crippen LogP contribution in [-0.2, 0) is 48.1 Å². The summed E-state index contributed by atoms with van der Waals surface area (Å²) in [7, 11) is 2.73. The Morgan fingerprint density at radius 1 is 0.800 bits per heavy atom. The number of aliphatic hydroxyl groups excluding tert-OH is 2. The average molecular weight is 833 g/mol. The molecule has 2 fully saturated rings. The van der Waals surface area contributed by atoms with E-state index in [1.54, 1.807) is 42.6 Å². The van der Waals surface area contributed by atoms with Gasteiger partial charge in [0.1, 0.15) is 36.6 Å². The number of nitrogens with zero attached hydrogens (tertiary/aromatic N) is 1. The highest BCUT2D eigenvalue weighted by atomic mass is 16.6. The maximum absolute atomic E-state index is 14.2. The van der Waals surface area contributed by atoms with Gasteiger partial charge >= 0.3 is 12.1 Å². The predicted octanol–water partition coefficient (Wildman–Crippen LogP) is 3.40. The van der Waals surface area contributed by atoms with E-state index in [0.717, 1.165) is 50.5 Å². The van der Waals surface area contributed by atoms with E-state index in [1.165, 1.54) is 20.5 Å². The number of rotatable bonds is 23. The molecule has 2 aromatic carbocycles. The number of aliphatic hydroxyl groups is 2. The molecule has 1 heterocycles. The fourth-order valence-electron chi connectivity index (χ4n) is 7.64. The number of methoxy groups -OCH3 is 2. The molecule has 1 aromatic heterocycles. The van der Waals surface area contributed by atoms with Crippen molar-refractivity contribution in [3.05, 3.63) is 83.9 Å². The molecule has 5 rings (SSSR count). The van der Waals surface area contributed by atoms with Crippen molar-refractivity contribution in [2.45, 2.75) is 126 Å². The Hall–Kier alpha value is -5.48. The Morgan fingerprint density at radius 3 is 2.15 bits per heavy atom. The number of aromatic nitrogens is 2. The van der Waals surface area contributed by atoms with E-state index < -0.39 is 66.2 Å². The lowest BCUT2D eigenvalue weighted by atomic mass is 9.82. The molecule has 2 aliphatic carbocycles. The van der Waals surface area contributed by atoms with Gasteiger partial charge in [-0.2, -0.15) is 0 Å². The van der Waals surface area contributed by atoms with E-state index in [2.05, 4.69) is 31.2 Å². The third-order valence-corrected chi connectivity index (χ3v) is 11.3. The molecule has 0 spiro atoms. The van der Waals surface area contributed by atoms with E-state index in [4.69, 9.17) is 14.2 Å². The number of ether oxygens (including phenoxy) is 3. The summed E-state index contributed by atoms with van der Waals surface area (Å²) < 4.78 is 15.4. The summed E-state index contributed by atoms with van der Waals surface area (Å²) in [5.41, 5.74) is 2.05. The number of aromatic amines is 1. The summed E-state index contributed by atoms with van der Waals surface area (Å²) >= 11 is 0. The standard InChI is InChI=1S/C44H60N6O10/c1-58-33-20-16-29(17-21-33)23-36(47-38(51)15-9-14-34(43(56)59-2)50-44(57)60-26-30-12-7-4-8-13-30)41(54)49-37(24-32-25-45-27-46-32)42(55)48-35(22-28-10-5-3-6-11-28)40(53)39(52)31-18-19-31/h4,7-8,12-13,16-17,20-21,25,27-28,31,34-37,39-40,52-53H,3,5-6,9-11,14-15,18-19,22-24,26H2,1-2H3,(H,45,46)(H,47,51)(H,48,55)(H,49,54)(H,50,57)/t34-,35-,36-,37-,39-,40+/m0/s1. The molecule has 2 saturated carbocycles. The first-order valence-corrected chi connectivity index (χ1v) is 20.9. The number of hydrogen-bond acceptors (Lipinski definition) is 11. The van der Waals surface area contributed by atoms with Crippen molar-refractivity contribution in [1.29, 1.82) is 0 Å². The summed E-state index contributed by atoms with van der Waals surface area (Å²) in [4.78, 5) is 74.0. The van der Waals surface area contributed by atoms with Crippen LogP contribution in [0, 0.1) is 11.8 Å². The van der Waals surface area contributed by atoms with Crippen molar-refractivity contribution >= 4 is 29.8 Å². The Bertz CT molecular complexity index is 1800. The second-order valence-corrected chi connectivity index (χ2v) is 15.9. The van der Waals surface area contributed by atoms with Crippen molar-refractivity contribution in [3.63, 3.8) is 0 Å². The number of carbonyl (C=O) groups excluding carboxylic acids is 5. The minimum absolute atomic E-state index is 0.00241. The van der Waals surface area contributed by atoms with Crippen LogP contribution >= 0.6 is 0 Å². The molecule has 60 heavy (non-hydrogen) atoms. The van der Waals surface area contributed by atoms with Crippen molar-refractivity contribution < 1.29 is 48.4 Å². The van der Waals surface area contributed by atoms with Crippen LogP contribution in [0.25, 0.3) is 0 Å². The van der Waals surface area contributed by atoms with Crippen LogP contribution in [-0.4, -0.2) is 101 Å². The summed E-state index contributed by atoms with van der Waals surface area (Å²) in [5.74, 6) is -1.51. The van der Waals surface area contributed by atoms with Crippen LogP contribution in [0.4, 0.5) is 4.79 Å². The molecular weight excluding hydrogens is 773 g/mol. The molecule has 0 radical (unpaired) electrons. The molecule has 326 valence electrons. The highest BCUT2D eigenvalue weighted by molar-refractivity contribution is 5.92. The van der Waals surface area contributed by atoms with Crippen molar-refractivity contribution in [1.82, 2.24) is 31.2 Å². The highest BCUT2D eigenvalue weighted by Crippen LogP contribution is 2.36. The van der Waals surface area contributed by atoms with Gasteiger partial charge < -0.3 is 50.7 Å². The van der Waals surface area contributed by atoms with Gasteiger partial charge in [-0.1, -0.05) is 74.6 Å². The van der Waals surface area contributed by atoms with E-state index in [0.29, 0.717) is 23.4 Å². The van der Waals surface area contributed by atoms with Crippen LogP contribution in [0.5, 0.6) is 5.75 Å². The largest absolute Gasteiger partial charge is 0.497 e. The van der Waals surface area contributed by atoms with Gasteiger partial charge in [0.05, 0.1) is 32.7 Å². The van der Waals surface area contributed by atoms with E-state index in [1.807, 2.05) is 18.2 Å². The normalized spacial score (nSPS) is 17.1. The average Bonchev–Trinajstić information content (AvgIpc) is 3.99.